The first kappa shape index (κ1) is 27.5. The van der Waals surface area contributed by atoms with E-state index in [1.165, 1.54) is 19.3 Å². The molecule has 1 N–H and O–H groups in total. The second kappa shape index (κ2) is 11.2. The number of amides is 2. The number of piperazine rings is 1. The van der Waals surface area contributed by atoms with Gasteiger partial charge in [0.15, 0.2) is 5.58 Å². The molecule has 4 heterocycles. The average Bonchev–Trinajstić information content (AvgIpc) is 3.32. The first-order chi connectivity index (χ1) is 18.4. The third kappa shape index (κ3) is 5.24. The van der Waals surface area contributed by atoms with Crippen LogP contribution in [0.15, 0.2) is 52.9 Å². The van der Waals surface area contributed by atoms with Gasteiger partial charge in [-0.3, -0.25) is 9.59 Å². The second-order valence-corrected chi connectivity index (χ2v) is 11.4. The molecule has 1 aromatic heterocycles. The van der Waals surface area contributed by atoms with Crippen molar-refractivity contribution in [3.05, 3.63) is 59.7 Å². The van der Waals surface area contributed by atoms with Crippen molar-refractivity contribution in [3.63, 3.8) is 0 Å². The monoisotopic (exact) mass is 551 g/mol. The van der Waals surface area contributed by atoms with Crippen molar-refractivity contribution in [1.82, 2.24) is 20.1 Å². The number of benzene rings is 2. The molecule has 0 spiro atoms. The van der Waals surface area contributed by atoms with Crippen LogP contribution in [0.5, 0.6) is 0 Å². The Hall–Kier alpha value is -3.10. The lowest BCUT2D eigenvalue weighted by Crippen LogP contribution is -2.58. The van der Waals surface area contributed by atoms with Crippen molar-refractivity contribution in [2.45, 2.75) is 76.2 Å². The highest BCUT2D eigenvalue weighted by Gasteiger charge is 2.37. The molecule has 6 rings (SSSR count). The molecule has 2 aromatic carbocycles. The second-order valence-electron chi connectivity index (χ2n) is 11.4. The van der Waals surface area contributed by atoms with Crippen molar-refractivity contribution in [2.24, 2.45) is 0 Å². The van der Waals surface area contributed by atoms with Crippen LogP contribution in [0.3, 0.4) is 0 Å². The smallest absolute Gasteiger partial charge is 0.299 e. The number of para-hydroxylation sites is 1. The number of halogens is 1. The molecule has 4 atom stereocenters. The van der Waals surface area contributed by atoms with Crippen molar-refractivity contribution in [3.8, 4) is 0 Å². The lowest BCUT2D eigenvalue weighted by Gasteiger charge is -2.47. The van der Waals surface area contributed by atoms with Gasteiger partial charge in [-0.05, 0) is 70.8 Å². The molecule has 3 aliphatic rings. The fourth-order valence-electron chi connectivity index (χ4n) is 6.86. The average molecular weight is 552 g/mol. The Bertz CT molecular complexity index is 1300. The summed E-state index contributed by atoms with van der Waals surface area (Å²) in [5.74, 6) is -0.0408. The van der Waals surface area contributed by atoms with Gasteiger partial charge in [0, 0.05) is 48.9 Å². The Morgan fingerprint density at radius 1 is 0.949 bits per heavy atom. The van der Waals surface area contributed by atoms with Crippen LogP contribution in [0.25, 0.3) is 11.1 Å². The molecule has 39 heavy (non-hydrogen) atoms. The van der Waals surface area contributed by atoms with Crippen LogP contribution < -0.4 is 10.2 Å². The van der Waals surface area contributed by atoms with Crippen molar-refractivity contribution in [1.29, 1.82) is 0 Å². The van der Waals surface area contributed by atoms with Crippen LogP contribution in [-0.2, 0) is 0 Å². The summed E-state index contributed by atoms with van der Waals surface area (Å²) in [5.41, 5.74) is 2.45. The van der Waals surface area contributed by atoms with Gasteiger partial charge in [-0.25, -0.2) is 0 Å². The number of fused-ring (bicyclic) bond motifs is 3. The number of carbonyl (C=O) groups excluding carboxylic acids is 2. The van der Waals surface area contributed by atoms with Gasteiger partial charge in [0.05, 0.1) is 5.56 Å². The lowest BCUT2D eigenvalue weighted by atomic mass is 9.82. The molecule has 208 valence electrons. The number of nitrogens with one attached hydrogen (secondary N) is 1. The molecule has 3 saturated heterocycles. The third-order valence-corrected chi connectivity index (χ3v) is 8.78. The highest BCUT2D eigenvalue weighted by atomic mass is 35.5. The standard InChI is InChI=1S/C30H37N5O3.ClH/c1-19-17-34(29(37)21-9-5-4-6-10-21)18-20(2)35(19)30-32-27-25(13-8-14-26(27)38-30)28(36)31-22-15-23-11-7-12-24(16-22)33(23)3;/h4-6,8-10,13-14,19-20,22-24H,7,11-12,15-18H2,1-3H3,(H,31,36);1H/t19-,20-,22?,23?,24?;/m0./s1. The summed E-state index contributed by atoms with van der Waals surface area (Å²) >= 11 is 0. The number of nitrogens with zero attached hydrogens (tertiary/aromatic N) is 4. The number of rotatable bonds is 4. The van der Waals surface area contributed by atoms with E-state index in [1.54, 1.807) is 0 Å². The third-order valence-electron chi connectivity index (χ3n) is 8.78. The summed E-state index contributed by atoms with van der Waals surface area (Å²) in [7, 11) is 2.23. The minimum atomic E-state index is -0.0811. The highest BCUT2D eigenvalue weighted by Crippen LogP contribution is 2.33. The van der Waals surface area contributed by atoms with E-state index in [4.69, 9.17) is 9.40 Å². The van der Waals surface area contributed by atoms with Gasteiger partial charge in [0.25, 0.3) is 17.8 Å². The number of carbonyl (C=O) groups is 2. The number of piperidine rings is 2. The van der Waals surface area contributed by atoms with E-state index in [0.29, 0.717) is 53.4 Å². The molecule has 2 bridgehead atoms. The Morgan fingerprint density at radius 2 is 1.62 bits per heavy atom. The Labute approximate surface area is 236 Å². The Kier molecular flexibility index (Phi) is 7.87. The van der Waals surface area contributed by atoms with Gasteiger partial charge >= 0.3 is 0 Å². The highest BCUT2D eigenvalue weighted by molar-refractivity contribution is 6.05. The number of anilines is 1. The van der Waals surface area contributed by atoms with E-state index < -0.39 is 0 Å². The summed E-state index contributed by atoms with van der Waals surface area (Å²) < 4.78 is 6.21. The zero-order valence-electron chi connectivity index (χ0n) is 22.9. The predicted molar refractivity (Wildman–Crippen MR) is 155 cm³/mol. The van der Waals surface area contributed by atoms with E-state index in [9.17, 15) is 9.59 Å². The van der Waals surface area contributed by atoms with Gasteiger partial charge in [-0.2, -0.15) is 4.98 Å². The molecule has 9 heteroatoms. The van der Waals surface area contributed by atoms with Crippen molar-refractivity contribution < 1.29 is 14.0 Å². The van der Waals surface area contributed by atoms with E-state index in [0.717, 1.165) is 12.8 Å². The first-order valence-corrected chi connectivity index (χ1v) is 13.9. The van der Waals surface area contributed by atoms with E-state index in [2.05, 4.69) is 36.0 Å². The molecule has 2 amide bonds. The van der Waals surface area contributed by atoms with Gasteiger partial charge < -0.3 is 24.4 Å². The number of hydrogen-bond acceptors (Lipinski definition) is 6. The molecule has 3 fully saturated rings. The fourth-order valence-corrected chi connectivity index (χ4v) is 6.86. The summed E-state index contributed by atoms with van der Waals surface area (Å²) in [6.45, 7) is 5.31. The van der Waals surface area contributed by atoms with Gasteiger partial charge in [0.2, 0.25) is 0 Å². The van der Waals surface area contributed by atoms with Crippen LogP contribution >= 0.6 is 12.4 Å². The van der Waals surface area contributed by atoms with Crippen LogP contribution in [0, 0.1) is 0 Å². The van der Waals surface area contributed by atoms with Gasteiger partial charge in [-0.1, -0.05) is 30.7 Å². The van der Waals surface area contributed by atoms with Crippen LogP contribution in [0.1, 0.15) is 66.7 Å². The maximum atomic E-state index is 13.4. The Morgan fingerprint density at radius 3 is 2.28 bits per heavy atom. The normalized spacial score (nSPS) is 27.2. The fraction of sp³-hybridized carbons (Fsp3) is 0.500. The maximum absolute atomic E-state index is 13.4. The largest absolute Gasteiger partial charge is 0.423 e. The molecule has 3 aromatic rings. The summed E-state index contributed by atoms with van der Waals surface area (Å²) in [4.78, 5) is 37.9. The summed E-state index contributed by atoms with van der Waals surface area (Å²) in [6, 6.07) is 16.8. The number of oxazole rings is 1. The molecule has 3 aliphatic heterocycles. The maximum Gasteiger partial charge on any atom is 0.299 e. The minimum absolute atomic E-state index is 0. The molecule has 0 radical (unpaired) electrons. The van der Waals surface area contributed by atoms with Crippen molar-refractivity contribution >= 4 is 41.3 Å². The zero-order valence-corrected chi connectivity index (χ0v) is 23.7. The predicted octanol–water partition coefficient (Wildman–Crippen LogP) is 4.73. The lowest BCUT2D eigenvalue weighted by molar-refractivity contribution is 0.0463. The quantitative estimate of drug-likeness (QED) is 0.505. The van der Waals surface area contributed by atoms with E-state index in [-0.39, 0.29) is 42.3 Å². The van der Waals surface area contributed by atoms with Gasteiger partial charge in [0.1, 0.15) is 5.52 Å². The van der Waals surface area contributed by atoms with Crippen LogP contribution in [0.4, 0.5) is 6.01 Å². The molecule has 8 nitrogen and oxygen atoms in total. The van der Waals surface area contributed by atoms with Crippen molar-refractivity contribution in [2.75, 3.05) is 25.0 Å². The van der Waals surface area contributed by atoms with E-state index >= 15 is 0 Å². The van der Waals surface area contributed by atoms with Gasteiger partial charge in [-0.15, -0.1) is 12.4 Å². The number of hydrogen-bond donors (Lipinski definition) is 1. The molecular formula is C30H38ClN5O3. The topological polar surface area (TPSA) is 81.9 Å². The molecule has 0 aliphatic carbocycles. The molecule has 0 saturated carbocycles. The summed E-state index contributed by atoms with van der Waals surface area (Å²) in [6.07, 6.45) is 5.71. The first-order valence-electron chi connectivity index (χ1n) is 13.9. The molecule has 2 unspecified atom stereocenters. The van der Waals surface area contributed by atoms with Crippen LogP contribution in [-0.4, -0.2) is 76.9 Å². The Balaban J connectivity index is 0.00000308. The summed E-state index contributed by atoms with van der Waals surface area (Å²) in [5, 5.41) is 3.31. The SMILES string of the molecule is C[C@H]1CN(C(=O)c2ccccc2)C[C@H](C)N1c1nc2c(C(=O)NC3CC4CCCC(C3)N4C)cccc2o1.Cl. The van der Waals surface area contributed by atoms with Crippen LogP contribution in [0.2, 0.25) is 0 Å². The number of aromatic nitrogens is 1. The van der Waals surface area contributed by atoms with E-state index in [1.807, 2.05) is 53.4 Å². The molecular weight excluding hydrogens is 514 g/mol. The zero-order chi connectivity index (χ0) is 26.4. The minimum Gasteiger partial charge on any atom is -0.423 e.